The van der Waals surface area contributed by atoms with Crippen LogP contribution in [0.2, 0.25) is 0 Å². The summed E-state index contributed by atoms with van der Waals surface area (Å²) in [7, 11) is 0. The Kier molecular flexibility index (Phi) is 4.99. The van der Waals surface area contributed by atoms with E-state index in [2.05, 4.69) is 10.1 Å². The number of carbonyl (C=O) groups is 3. The van der Waals surface area contributed by atoms with E-state index in [9.17, 15) is 14.4 Å². The minimum atomic E-state index is -0.550. The molecule has 8 nitrogen and oxygen atoms in total. The molecule has 2 aromatic heterocycles. The second kappa shape index (κ2) is 7.35. The average molecular weight is 349 g/mol. The van der Waals surface area contributed by atoms with E-state index in [1.54, 1.807) is 0 Å². The van der Waals surface area contributed by atoms with Crippen LogP contribution in [0.15, 0.2) is 22.0 Å². The molecule has 1 aliphatic rings. The molecule has 1 fully saturated rings. The van der Waals surface area contributed by atoms with Gasteiger partial charge < -0.3 is 9.26 Å². The molecule has 0 aromatic carbocycles. The Bertz CT molecular complexity index is 740. The van der Waals surface area contributed by atoms with Gasteiger partial charge >= 0.3 is 5.97 Å². The van der Waals surface area contributed by atoms with Crippen LogP contribution in [-0.2, 0) is 25.5 Å². The van der Waals surface area contributed by atoms with Crippen molar-refractivity contribution in [1.82, 2.24) is 15.0 Å². The van der Waals surface area contributed by atoms with E-state index in [4.69, 9.17) is 9.26 Å². The zero-order valence-electron chi connectivity index (χ0n) is 12.8. The number of amides is 2. The van der Waals surface area contributed by atoms with Gasteiger partial charge in [-0.2, -0.15) is 4.98 Å². The van der Waals surface area contributed by atoms with Gasteiger partial charge in [0.05, 0.1) is 11.3 Å². The third kappa shape index (κ3) is 3.85. The second-order valence-corrected chi connectivity index (χ2v) is 6.14. The molecular weight excluding hydrogens is 334 g/mol. The van der Waals surface area contributed by atoms with E-state index < -0.39 is 18.5 Å². The van der Waals surface area contributed by atoms with Crippen LogP contribution in [0, 0.1) is 0 Å². The van der Waals surface area contributed by atoms with Crippen molar-refractivity contribution >= 4 is 29.1 Å². The zero-order chi connectivity index (χ0) is 16.9. The van der Waals surface area contributed by atoms with Crippen molar-refractivity contribution in [2.24, 2.45) is 0 Å². The van der Waals surface area contributed by atoms with E-state index in [0.29, 0.717) is 31.1 Å². The van der Waals surface area contributed by atoms with Crippen LogP contribution in [0.1, 0.15) is 25.2 Å². The summed E-state index contributed by atoms with van der Waals surface area (Å²) in [5.41, 5.74) is 0. The van der Waals surface area contributed by atoms with Crippen LogP contribution in [0.5, 0.6) is 0 Å². The van der Waals surface area contributed by atoms with E-state index in [0.717, 1.165) is 9.78 Å². The summed E-state index contributed by atoms with van der Waals surface area (Å²) < 4.78 is 9.97. The monoisotopic (exact) mass is 349 g/mol. The molecule has 24 heavy (non-hydrogen) atoms. The summed E-state index contributed by atoms with van der Waals surface area (Å²) in [5.74, 6) is -0.440. The fourth-order valence-electron chi connectivity index (χ4n) is 2.28. The van der Waals surface area contributed by atoms with Crippen molar-refractivity contribution < 1.29 is 23.6 Å². The highest BCUT2D eigenvalue weighted by atomic mass is 32.1. The smallest absolute Gasteiger partial charge is 0.306 e. The molecule has 9 heteroatoms. The average Bonchev–Trinajstić information content (AvgIpc) is 3.30. The lowest BCUT2D eigenvalue weighted by atomic mass is 10.3. The SMILES string of the molecule is O=C(CCc1nc(-c2cccs2)no1)OCC(=O)N1CCCC1=O. The molecule has 1 aliphatic heterocycles. The Morgan fingerprint density at radius 3 is 3.00 bits per heavy atom. The predicted molar refractivity (Wildman–Crippen MR) is 82.8 cm³/mol. The standard InChI is InChI=1S/C15H15N3O5S/c19-12-4-1-7-18(12)13(20)9-22-14(21)6-5-11-16-15(17-23-11)10-3-2-8-24-10/h2-3,8H,1,4-7,9H2. The van der Waals surface area contributed by atoms with Gasteiger partial charge in [0.2, 0.25) is 17.6 Å². The molecule has 126 valence electrons. The summed E-state index contributed by atoms with van der Waals surface area (Å²) in [6.45, 7) is -0.0302. The van der Waals surface area contributed by atoms with Gasteiger partial charge in [-0.3, -0.25) is 19.3 Å². The van der Waals surface area contributed by atoms with Gasteiger partial charge in [0, 0.05) is 19.4 Å². The fraction of sp³-hybridized carbons (Fsp3) is 0.400. The van der Waals surface area contributed by atoms with E-state index in [-0.39, 0.29) is 18.7 Å². The Balaban J connectivity index is 1.42. The lowest BCUT2D eigenvalue weighted by Crippen LogP contribution is -2.35. The number of carbonyl (C=O) groups excluding carboxylic acids is 3. The molecule has 2 amide bonds. The van der Waals surface area contributed by atoms with Gasteiger partial charge in [-0.05, 0) is 17.9 Å². The molecule has 0 unspecified atom stereocenters. The first-order chi connectivity index (χ1) is 11.6. The van der Waals surface area contributed by atoms with Crippen LogP contribution in [0.3, 0.4) is 0 Å². The molecule has 0 bridgehead atoms. The van der Waals surface area contributed by atoms with Crippen molar-refractivity contribution in [2.75, 3.05) is 13.2 Å². The second-order valence-electron chi connectivity index (χ2n) is 5.19. The minimum Gasteiger partial charge on any atom is -0.456 e. The summed E-state index contributed by atoms with van der Waals surface area (Å²) in [6, 6.07) is 3.76. The van der Waals surface area contributed by atoms with Crippen molar-refractivity contribution in [3.63, 3.8) is 0 Å². The summed E-state index contributed by atoms with van der Waals surface area (Å²) >= 11 is 1.49. The number of rotatable bonds is 6. The maximum absolute atomic E-state index is 11.8. The van der Waals surface area contributed by atoms with E-state index in [1.807, 2.05) is 17.5 Å². The van der Waals surface area contributed by atoms with Crippen molar-refractivity contribution in [1.29, 1.82) is 0 Å². The highest BCUT2D eigenvalue weighted by molar-refractivity contribution is 7.13. The number of esters is 1. The van der Waals surface area contributed by atoms with Crippen LogP contribution in [0.25, 0.3) is 10.7 Å². The number of imide groups is 1. The first-order valence-electron chi connectivity index (χ1n) is 7.49. The third-order valence-corrected chi connectivity index (χ3v) is 4.35. The van der Waals surface area contributed by atoms with Crippen LogP contribution in [0.4, 0.5) is 0 Å². The van der Waals surface area contributed by atoms with Crippen LogP contribution >= 0.6 is 11.3 Å². The van der Waals surface area contributed by atoms with E-state index in [1.165, 1.54) is 11.3 Å². The Morgan fingerprint density at radius 1 is 1.42 bits per heavy atom. The maximum atomic E-state index is 11.8. The molecule has 0 N–H and O–H groups in total. The quantitative estimate of drug-likeness (QED) is 0.727. The third-order valence-electron chi connectivity index (χ3n) is 3.48. The maximum Gasteiger partial charge on any atom is 0.306 e. The zero-order valence-corrected chi connectivity index (χ0v) is 13.6. The van der Waals surface area contributed by atoms with Crippen LogP contribution in [-0.4, -0.2) is 46.0 Å². The first-order valence-corrected chi connectivity index (χ1v) is 8.37. The Hall–Kier alpha value is -2.55. The number of likely N-dealkylation sites (tertiary alicyclic amines) is 1. The van der Waals surface area contributed by atoms with Gasteiger partial charge in [0.1, 0.15) is 0 Å². The van der Waals surface area contributed by atoms with Gasteiger partial charge in [-0.1, -0.05) is 11.2 Å². The van der Waals surface area contributed by atoms with E-state index >= 15 is 0 Å². The molecule has 0 saturated carbocycles. The molecule has 0 radical (unpaired) electrons. The number of ether oxygens (including phenoxy) is 1. The fourth-order valence-corrected chi connectivity index (χ4v) is 2.92. The molecule has 3 rings (SSSR count). The number of aryl methyl sites for hydroxylation is 1. The molecule has 3 heterocycles. The van der Waals surface area contributed by atoms with Crippen molar-refractivity contribution in [3.05, 3.63) is 23.4 Å². The van der Waals surface area contributed by atoms with Crippen molar-refractivity contribution in [3.8, 4) is 10.7 Å². The summed E-state index contributed by atoms with van der Waals surface area (Å²) in [6.07, 6.45) is 1.27. The molecule has 0 aliphatic carbocycles. The number of aromatic nitrogens is 2. The highest BCUT2D eigenvalue weighted by Gasteiger charge is 2.27. The van der Waals surface area contributed by atoms with Gasteiger partial charge in [-0.15, -0.1) is 11.3 Å². The number of thiophene rings is 1. The summed E-state index contributed by atoms with van der Waals surface area (Å²) in [5, 5.41) is 5.75. The molecule has 1 saturated heterocycles. The minimum absolute atomic E-state index is 0.0211. The summed E-state index contributed by atoms with van der Waals surface area (Å²) in [4.78, 5) is 41.1. The molecule has 0 spiro atoms. The Morgan fingerprint density at radius 2 is 2.29 bits per heavy atom. The van der Waals surface area contributed by atoms with Crippen LogP contribution < -0.4 is 0 Å². The number of hydrogen-bond donors (Lipinski definition) is 0. The molecular formula is C15H15N3O5S. The van der Waals surface area contributed by atoms with Gasteiger partial charge in [0.15, 0.2) is 6.61 Å². The van der Waals surface area contributed by atoms with Crippen molar-refractivity contribution in [2.45, 2.75) is 25.7 Å². The molecule has 2 aromatic rings. The predicted octanol–water partition coefficient (Wildman–Crippen LogP) is 1.42. The first kappa shape index (κ1) is 16.3. The van der Waals surface area contributed by atoms with Gasteiger partial charge in [-0.25, -0.2) is 0 Å². The molecule has 0 atom stereocenters. The highest BCUT2D eigenvalue weighted by Crippen LogP contribution is 2.21. The normalized spacial score (nSPS) is 14.2. The Labute approximate surface area is 141 Å². The topological polar surface area (TPSA) is 103 Å². The largest absolute Gasteiger partial charge is 0.456 e. The number of hydrogen-bond acceptors (Lipinski definition) is 8. The lowest BCUT2D eigenvalue weighted by molar-refractivity contribution is -0.154. The number of nitrogens with zero attached hydrogens (tertiary/aromatic N) is 3. The lowest BCUT2D eigenvalue weighted by Gasteiger charge is -2.13. The van der Waals surface area contributed by atoms with Gasteiger partial charge in [0.25, 0.3) is 5.91 Å².